The molecule has 1 saturated heterocycles. The number of ether oxygens (including phenoxy) is 2. The predicted molar refractivity (Wildman–Crippen MR) is 136 cm³/mol. The summed E-state index contributed by atoms with van der Waals surface area (Å²) in [5.74, 6) is 0.966. The number of H-pyrrole nitrogens is 1. The van der Waals surface area contributed by atoms with E-state index in [9.17, 15) is 9.18 Å². The number of fused-ring (bicyclic) bond motifs is 2. The average molecular weight is 505 g/mol. The number of anilines is 1. The van der Waals surface area contributed by atoms with Crippen LogP contribution in [0.25, 0.3) is 10.9 Å². The van der Waals surface area contributed by atoms with Crippen molar-refractivity contribution < 1.29 is 13.9 Å². The van der Waals surface area contributed by atoms with Crippen molar-refractivity contribution in [1.82, 2.24) is 25.2 Å². The Kier molecular flexibility index (Phi) is 6.11. The summed E-state index contributed by atoms with van der Waals surface area (Å²) in [7, 11) is 1.61. The third-order valence-electron chi connectivity index (χ3n) is 7.48. The lowest BCUT2D eigenvalue weighted by Crippen LogP contribution is -2.44. The zero-order valence-electron chi connectivity index (χ0n) is 20.9. The second kappa shape index (κ2) is 9.59. The van der Waals surface area contributed by atoms with Crippen LogP contribution >= 0.6 is 0 Å². The van der Waals surface area contributed by atoms with Crippen LogP contribution in [-0.2, 0) is 17.7 Å². The molecule has 0 unspecified atom stereocenters. The highest BCUT2D eigenvalue weighted by molar-refractivity contribution is 5.81. The average Bonchev–Trinajstić information content (AvgIpc) is 3.58. The van der Waals surface area contributed by atoms with Gasteiger partial charge in [0.05, 0.1) is 19.8 Å². The molecule has 1 fully saturated rings. The van der Waals surface area contributed by atoms with Crippen LogP contribution < -0.4 is 15.2 Å². The summed E-state index contributed by atoms with van der Waals surface area (Å²) in [4.78, 5) is 18.8. The fourth-order valence-corrected chi connectivity index (χ4v) is 5.60. The van der Waals surface area contributed by atoms with Crippen LogP contribution in [0.5, 0.6) is 5.75 Å². The van der Waals surface area contributed by atoms with Crippen molar-refractivity contribution in [2.24, 2.45) is 0 Å². The van der Waals surface area contributed by atoms with Crippen LogP contribution in [0, 0.1) is 5.82 Å². The smallest absolute Gasteiger partial charge is 0.254 e. The largest absolute Gasteiger partial charge is 0.497 e. The Bertz CT molecular complexity index is 1500. The second-order valence-corrected chi connectivity index (χ2v) is 9.83. The molecule has 10 heteroatoms. The van der Waals surface area contributed by atoms with Crippen molar-refractivity contribution in [3.63, 3.8) is 0 Å². The molecule has 2 aliphatic heterocycles. The van der Waals surface area contributed by atoms with E-state index in [-0.39, 0.29) is 23.5 Å². The monoisotopic (exact) mass is 504 g/mol. The molecule has 192 valence electrons. The molecule has 2 aromatic carbocycles. The molecule has 2 aliphatic rings. The molecule has 0 saturated carbocycles. The molecule has 0 aliphatic carbocycles. The lowest BCUT2D eigenvalue weighted by atomic mass is 9.92. The summed E-state index contributed by atoms with van der Waals surface area (Å²) in [5.41, 5.74) is 2.77. The van der Waals surface area contributed by atoms with Crippen molar-refractivity contribution in [1.29, 1.82) is 0 Å². The number of aromatic amines is 1. The van der Waals surface area contributed by atoms with E-state index < -0.39 is 6.04 Å². The molecule has 37 heavy (non-hydrogen) atoms. The van der Waals surface area contributed by atoms with Gasteiger partial charge in [-0.15, -0.1) is 5.10 Å². The molecular formula is C27H29FN6O3. The third-order valence-corrected chi connectivity index (χ3v) is 7.48. The summed E-state index contributed by atoms with van der Waals surface area (Å²) < 4.78 is 27.2. The molecule has 9 nitrogen and oxygen atoms in total. The standard InChI is InChI=1S/C27H29FN6O3/c1-16-5-6-17-12-19(28)7-10-24(17)34(16)25(26-30-31-32-33(26)15-21-4-3-11-37-21)22-14-18-13-20(36-2)8-9-23(18)29-27(22)35/h7-10,12-14,16,21,25H,3-6,11,15H2,1-2H3,(H,29,35)/t16-,21-,25+/m0/s1. The minimum atomic E-state index is -0.602. The van der Waals surface area contributed by atoms with Gasteiger partial charge < -0.3 is 19.4 Å². The number of aryl methyl sites for hydroxylation is 1. The molecule has 4 heterocycles. The molecule has 3 atom stereocenters. The molecule has 6 rings (SSSR count). The maximum Gasteiger partial charge on any atom is 0.254 e. The maximum absolute atomic E-state index is 14.2. The Balaban J connectivity index is 1.55. The summed E-state index contributed by atoms with van der Waals surface area (Å²) in [5, 5.41) is 13.6. The van der Waals surface area contributed by atoms with E-state index in [0.29, 0.717) is 29.2 Å². The zero-order valence-corrected chi connectivity index (χ0v) is 20.9. The fraction of sp³-hybridized carbons (Fsp3) is 0.407. The normalized spacial score (nSPS) is 20.2. The molecule has 0 amide bonds. The van der Waals surface area contributed by atoms with E-state index in [1.165, 1.54) is 6.07 Å². The number of hydrogen-bond acceptors (Lipinski definition) is 7. The number of halogens is 1. The van der Waals surface area contributed by atoms with Crippen LogP contribution in [0.2, 0.25) is 0 Å². The van der Waals surface area contributed by atoms with Crippen LogP contribution in [0.15, 0.2) is 47.3 Å². The Morgan fingerprint density at radius 1 is 1.22 bits per heavy atom. The molecule has 0 spiro atoms. The first-order valence-corrected chi connectivity index (χ1v) is 12.7. The van der Waals surface area contributed by atoms with E-state index in [2.05, 4.69) is 32.3 Å². The number of rotatable bonds is 6. The van der Waals surface area contributed by atoms with Gasteiger partial charge in [0.2, 0.25) is 0 Å². The summed E-state index contributed by atoms with van der Waals surface area (Å²) >= 11 is 0. The van der Waals surface area contributed by atoms with E-state index in [0.717, 1.165) is 48.9 Å². The van der Waals surface area contributed by atoms with Crippen LogP contribution in [0.3, 0.4) is 0 Å². The molecule has 1 N–H and O–H groups in total. The number of aromatic nitrogens is 5. The Morgan fingerprint density at radius 3 is 2.92 bits per heavy atom. The topological polar surface area (TPSA) is 98.2 Å². The van der Waals surface area contributed by atoms with Crippen LogP contribution in [0.4, 0.5) is 10.1 Å². The Labute approximate surface area is 213 Å². The van der Waals surface area contributed by atoms with Gasteiger partial charge >= 0.3 is 0 Å². The highest BCUT2D eigenvalue weighted by atomic mass is 19.1. The number of nitrogens with one attached hydrogen (secondary N) is 1. The summed E-state index contributed by atoms with van der Waals surface area (Å²) in [6, 6.07) is 11.7. The van der Waals surface area contributed by atoms with Crippen molar-refractivity contribution in [2.75, 3.05) is 18.6 Å². The molecule has 0 bridgehead atoms. The van der Waals surface area contributed by atoms with Crippen LogP contribution in [-0.4, -0.2) is 51.1 Å². The van der Waals surface area contributed by atoms with Gasteiger partial charge in [-0.1, -0.05) is 0 Å². The number of nitrogens with zero attached hydrogens (tertiary/aromatic N) is 5. The van der Waals surface area contributed by atoms with Gasteiger partial charge in [0.15, 0.2) is 5.82 Å². The van der Waals surface area contributed by atoms with Gasteiger partial charge in [-0.05, 0) is 91.1 Å². The molecule has 4 aromatic rings. The number of hydrogen-bond donors (Lipinski definition) is 1. The van der Waals surface area contributed by atoms with E-state index >= 15 is 0 Å². The molecule has 0 radical (unpaired) electrons. The number of tetrazole rings is 1. The van der Waals surface area contributed by atoms with E-state index in [4.69, 9.17) is 9.47 Å². The van der Waals surface area contributed by atoms with Gasteiger partial charge in [0.25, 0.3) is 5.56 Å². The van der Waals surface area contributed by atoms with Crippen molar-refractivity contribution in [3.05, 3.63) is 75.6 Å². The first kappa shape index (κ1) is 23.6. The summed E-state index contributed by atoms with van der Waals surface area (Å²) in [6.07, 6.45) is 3.51. The number of methoxy groups -OCH3 is 1. The van der Waals surface area contributed by atoms with Gasteiger partial charge in [-0.3, -0.25) is 4.79 Å². The van der Waals surface area contributed by atoms with Crippen molar-refractivity contribution in [3.8, 4) is 5.75 Å². The molecular weight excluding hydrogens is 475 g/mol. The minimum absolute atomic E-state index is 0.0159. The lowest BCUT2D eigenvalue weighted by molar-refractivity contribution is 0.0924. The van der Waals surface area contributed by atoms with Gasteiger partial charge in [0, 0.05) is 34.8 Å². The molecule has 2 aromatic heterocycles. The van der Waals surface area contributed by atoms with Gasteiger partial charge in [-0.2, -0.15) is 0 Å². The Morgan fingerprint density at radius 2 is 2.11 bits per heavy atom. The quantitative estimate of drug-likeness (QED) is 0.427. The lowest BCUT2D eigenvalue weighted by Gasteiger charge is -2.42. The highest BCUT2D eigenvalue weighted by Crippen LogP contribution is 2.40. The zero-order chi connectivity index (χ0) is 25.5. The van der Waals surface area contributed by atoms with Gasteiger partial charge in [0.1, 0.15) is 17.6 Å². The predicted octanol–water partition coefficient (Wildman–Crippen LogP) is 3.77. The fourth-order valence-electron chi connectivity index (χ4n) is 5.60. The van der Waals surface area contributed by atoms with E-state index in [1.54, 1.807) is 23.9 Å². The van der Waals surface area contributed by atoms with Crippen molar-refractivity contribution >= 4 is 16.6 Å². The highest BCUT2D eigenvalue weighted by Gasteiger charge is 2.37. The number of pyridine rings is 1. The number of benzene rings is 2. The minimum Gasteiger partial charge on any atom is -0.497 e. The third kappa shape index (κ3) is 4.35. The first-order chi connectivity index (χ1) is 18.0. The summed E-state index contributed by atoms with van der Waals surface area (Å²) in [6.45, 7) is 3.34. The second-order valence-electron chi connectivity index (χ2n) is 9.83. The first-order valence-electron chi connectivity index (χ1n) is 12.7. The van der Waals surface area contributed by atoms with Crippen LogP contribution in [0.1, 0.15) is 49.2 Å². The maximum atomic E-state index is 14.2. The van der Waals surface area contributed by atoms with Gasteiger partial charge in [-0.25, -0.2) is 9.07 Å². The Hall–Kier alpha value is -3.79. The SMILES string of the molecule is COc1ccc2[nH]c(=O)c([C@H](c3nnnn3C[C@@H]3CCCO3)N3c4ccc(F)cc4CC[C@@H]3C)cc2c1. The van der Waals surface area contributed by atoms with E-state index in [1.807, 2.05) is 24.3 Å². The van der Waals surface area contributed by atoms with Crippen molar-refractivity contribution in [2.45, 2.75) is 57.3 Å².